The molecule has 0 saturated heterocycles. The minimum Gasteiger partial charge on any atom is -0.399 e. The van der Waals surface area contributed by atoms with E-state index in [9.17, 15) is 0 Å². The van der Waals surface area contributed by atoms with Gasteiger partial charge < -0.3 is 21.5 Å². The molecular weight excluding hydrogens is 178 g/mol. The minimum atomic E-state index is -0.667. The molecule has 14 heavy (non-hydrogen) atoms. The first-order valence-electron chi connectivity index (χ1n) is 4.83. The maximum atomic E-state index is 6.21. The van der Waals surface area contributed by atoms with Gasteiger partial charge in [0.25, 0.3) is 0 Å². The van der Waals surface area contributed by atoms with Gasteiger partial charge in [-0.15, -0.1) is 0 Å². The van der Waals surface area contributed by atoms with Crippen molar-refractivity contribution in [2.75, 3.05) is 13.7 Å². The van der Waals surface area contributed by atoms with Crippen molar-refractivity contribution in [2.45, 2.75) is 19.0 Å². The predicted molar refractivity (Wildman–Crippen MR) is 57.1 cm³/mol. The lowest BCUT2D eigenvalue weighted by Gasteiger charge is -2.39. The SMILES string of the molecule is CCC(COC)C1(N)NC=CC=C1N. The highest BCUT2D eigenvalue weighted by Crippen LogP contribution is 2.23. The molecule has 0 saturated carbocycles. The largest absolute Gasteiger partial charge is 0.399 e. The number of rotatable bonds is 4. The van der Waals surface area contributed by atoms with Crippen LogP contribution in [0.1, 0.15) is 13.3 Å². The first kappa shape index (κ1) is 11.1. The van der Waals surface area contributed by atoms with Crippen molar-refractivity contribution in [3.05, 3.63) is 24.0 Å². The molecule has 1 aliphatic rings. The molecule has 5 N–H and O–H groups in total. The molecule has 0 fully saturated rings. The molecule has 0 aromatic rings. The molecule has 0 radical (unpaired) electrons. The van der Waals surface area contributed by atoms with Gasteiger partial charge in [0, 0.05) is 18.7 Å². The Morgan fingerprint density at radius 2 is 2.36 bits per heavy atom. The van der Waals surface area contributed by atoms with Crippen molar-refractivity contribution in [1.29, 1.82) is 0 Å². The van der Waals surface area contributed by atoms with Crippen LogP contribution in [0.2, 0.25) is 0 Å². The Labute approximate surface area is 85.0 Å². The van der Waals surface area contributed by atoms with Gasteiger partial charge in [0.2, 0.25) is 0 Å². The van der Waals surface area contributed by atoms with Gasteiger partial charge in [0.1, 0.15) is 5.66 Å². The fourth-order valence-corrected chi connectivity index (χ4v) is 1.69. The molecule has 0 bridgehead atoms. The summed E-state index contributed by atoms with van der Waals surface area (Å²) in [6.45, 7) is 2.67. The van der Waals surface area contributed by atoms with E-state index in [4.69, 9.17) is 16.2 Å². The summed E-state index contributed by atoms with van der Waals surface area (Å²) in [5.41, 5.74) is 12.1. The van der Waals surface area contributed by atoms with Crippen LogP contribution in [-0.2, 0) is 4.74 Å². The monoisotopic (exact) mass is 197 g/mol. The van der Waals surface area contributed by atoms with E-state index in [1.807, 2.05) is 18.4 Å². The Morgan fingerprint density at radius 1 is 1.64 bits per heavy atom. The molecule has 1 heterocycles. The van der Waals surface area contributed by atoms with Crippen LogP contribution in [0.25, 0.3) is 0 Å². The molecule has 2 atom stereocenters. The number of ether oxygens (including phenoxy) is 1. The molecule has 0 spiro atoms. The fourth-order valence-electron chi connectivity index (χ4n) is 1.69. The number of hydrogen-bond acceptors (Lipinski definition) is 4. The lowest BCUT2D eigenvalue weighted by molar-refractivity contribution is 0.106. The summed E-state index contributed by atoms with van der Waals surface area (Å²) in [6.07, 6.45) is 6.41. The minimum absolute atomic E-state index is 0.175. The molecule has 4 heteroatoms. The quantitative estimate of drug-likeness (QED) is 0.605. The number of methoxy groups -OCH3 is 1. The maximum absolute atomic E-state index is 6.21. The average Bonchev–Trinajstić information content (AvgIpc) is 2.19. The van der Waals surface area contributed by atoms with Crippen LogP contribution in [0.4, 0.5) is 0 Å². The highest BCUT2D eigenvalue weighted by molar-refractivity contribution is 5.27. The number of dihydropyridines is 1. The van der Waals surface area contributed by atoms with E-state index in [0.29, 0.717) is 12.3 Å². The van der Waals surface area contributed by atoms with Crippen molar-refractivity contribution in [3.63, 3.8) is 0 Å². The Hall–Kier alpha value is -1.00. The number of nitrogens with two attached hydrogens (primary N) is 2. The molecule has 80 valence electrons. The zero-order valence-electron chi connectivity index (χ0n) is 8.79. The van der Waals surface area contributed by atoms with Crippen LogP contribution >= 0.6 is 0 Å². The van der Waals surface area contributed by atoms with Gasteiger partial charge in [-0.2, -0.15) is 0 Å². The van der Waals surface area contributed by atoms with E-state index in [-0.39, 0.29) is 5.92 Å². The molecular formula is C10H19N3O. The second kappa shape index (κ2) is 4.48. The van der Waals surface area contributed by atoms with Crippen LogP contribution in [0.5, 0.6) is 0 Å². The summed E-state index contributed by atoms with van der Waals surface area (Å²) in [5, 5.41) is 3.10. The zero-order chi connectivity index (χ0) is 10.6. The summed E-state index contributed by atoms with van der Waals surface area (Å²) in [6, 6.07) is 0. The lowest BCUT2D eigenvalue weighted by atomic mass is 9.87. The third-order valence-electron chi connectivity index (χ3n) is 2.68. The van der Waals surface area contributed by atoms with Gasteiger partial charge in [-0.3, -0.25) is 0 Å². The topological polar surface area (TPSA) is 73.3 Å². The molecule has 0 amide bonds. The highest BCUT2D eigenvalue weighted by atomic mass is 16.5. The second-order valence-corrected chi connectivity index (χ2v) is 3.55. The Bertz CT molecular complexity index is 250. The smallest absolute Gasteiger partial charge is 0.131 e. The van der Waals surface area contributed by atoms with Crippen molar-refractivity contribution >= 4 is 0 Å². The van der Waals surface area contributed by atoms with Gasteiger partial charge in [0.05, 0.1) is 6.61 Å². The number of hydrogen-bond donors (Lipinski definition) is 3. The van der Waals surface area contributed by atoms with Crippen molar-refractivity contribution < 1.29 is 4.74 Å². The Balaban J connectivity index is 2.81. The third kappa shape index (κ3) is 1.91. The van der Waals surface area contributed by atoms with E-state index in [1.165, 1.54) is 0 Å². The lowest BCUT2D eigenvalue weighted by Crippen LogP contribution is -2.62. The van der Waals surface area contributed by atoms with Gasteiger partial charge in [-0.25, -0.2) is 0 Å². The molecule has 0 aromatic heterocycles. The van der Waals surface area contributed by atoms with Crippen LogP contribution in [0, 0.1) is 5.92 Å². The summed E-state index contributed by atoms with van der Waals surface area (Å²) in [5.74, 6) is 0.175. The molecule has 4 nitrogen and oxygen atoms in total. The Kier molecular flexibility index (Phi) is 3.55. The fraction of sp³-hybridized carbons (Fsp3) is 0.600. The van der Waals surface area contributed by atoms with Gasteiger partial charge in [-0.1, -0.05) is 6.92 Å². The van der Waals surface area contributed by atoms with Crippen molar-refractivity contribution in [2.24, 2.45) is 17.4 Å². The zero-order valence-corrected chi connectivity index (χ0v) is 8.79. The van der Waals surface area contributed by atoms with Gasteiger partial charge in [0.15, 0.2) is 0 Å². The normalized spacial score (nSPS) is 28.1. The van der Waals surface area contributed by atoms with E-state index < -0.39 is 5.66 Å². The first-order chi connectivity index (χ1) is 6.65. The van der Waals surface area contributed by atoms with E-state index in [1.54, 1.807) is 7.11 Å². The molecule has 0 aromatic carbocycles. The van der Waals surface area contributed by atoms with E-state index >= 15 is 0 Å². The summed E-state index contributed by atoms with van der Waals surface area (Å²) >= 11 is 0. The van der Waals surface area contributed by atoms with E-state index in [0.717, 1.165) is 6.42 Å². The average molecular weight is 197 g/mol. The van der Waals surface area contributed by atoms with Gasteiger partial charge >= 0.3 is 0 Å². The Morgan fingerprint density at radius 3 is 2.86 bits per heavy atom. The van der Waals surface area contributed by atoms with E-state index in [2.05, 4.69) is 12.2 Å². The predicted octanol–water partition coefficient (Wildman–Crippen LogP) is 0.274. The van der Waals surface area contributed by atoms with Gasteiger partial charge in [-0.05, 0) is 24.8 Å². The first-order valence-corrected chi connectivity index (χ1v) is 4.83. The third-order valence-corrected chi connectivity index (χ3v) is 2.68. The van der Waals surface area contributed by atoms with Crippen LogP contribution in [0.15, 0.2) is 24.0 Å². The molecule has 0 aliphatic carbocycles. The van der Waals surface area contributed by atoms with Crippen LogP contribution in [-0.4, -0.2) is 19.4 Å². The maximum Gasteiger partial charge on any atom is 0.131 e. The number of allylic oxidation sites excluding steroid dienone is 2. The van der Waals surface area contributed by atoms with Crippen LogP contribution in [0.3, 0.4) is 0 Å². The highest BCUT2D eigenvalue weighted by Gasteiger charge is 2.36. The standard InChI is InChI=1S/C10H19N3O/c1-3-8(7-14-2)10(12)9(11)5-4-6-13-10/h4-6,8,13H,3,7,11-12H2,1-2H3. The summed E-state index contributed by atoms with van der Waals surface area (Å²) in [4.78, 5) is 0. The van der Waals surface area contributed by atoms with Crippen molar-refractivity contribution in [3.8, 4) is 0 Å². The number of nitrogens with one attached hydrogen (secondary N) is 1. The second-order valence-electron chi connectivity index (χ2n) is 3.55. The summed E-state index contributed by atoms with van der Waals surface area (Å²) in [7, 11) is 1.67. The summed E-state index contributed by atoms with van der Waals surface area (Å²) < 4.78 is 5.13. The molecule has 1 aliphatic heterocycles. The van der Waals surface area contributed by atoms with Crippen LogP contribution < -0.4 is 16.8 Å². The molecule has 2 unspecified atom stereocenters. The van der Waals surface area contributed by atoms with Crippen molar-refractivity contribution in [1.82, 2.24) is 5.32 Å². The molecule has 1 rings (SSSR count).